The Balaban J connectivity index is 2.88. The maximum Gasteiger partial charge on any atom is 0.370 e. The minimum atomic E-state index is -1.48. The Morgan fingerprint density at radius 2 is 2.29 bits per heavy atom. The second-order valence-corrected chi connectivity index (χ2v) is 3.27. The van der Waals surface area contributed by atoms with Gasteiger partial charge in [0.15, 0.2) is 5.83 Å². The van der Waals surface area contributed by atoms with Gasteiger partial charge in [0.1, 0.15) is 0 Å². The summed E-state index contributed by atoms with van der Waals surface area (Å²) in [5.74, 6) is -3.91. The number of carbonyl (C=O) groups excluding carboxylic acids is 1. The normalized spacial score (nSPS) is 12.2. The standard InChI is InChI=1S/C9H8F2O2S/c1-2-13-9(12)8(11)7(10)6-4-3-5-14-6/h3-5H,2H2,1H3/b8-7+. The fraction of sp³-hybridized carbons (Fsp3) is 0.222. The predicted molar refractivity (Wildman–Crippen MR) is 50.1 cm³/mol. The summed E-state index contributed by atoms with van der Waals surface area (Å²) in [6.07, 6.45) is 0. The molecule has 0 aromatic carbocycles. The summed E-state index contributed by atoms with van der Waals surface area (Å²) >= 11 is 1.01. The average molecular weight is 218 g/mol. The highest BCUT2D eigenvalue weighted by atomic mass is 32.1. The maximum absolute atomic E-state index is 13.1. The zero-order valence-corrected chi connectivity index (χ0v) is 8.24. The molecule has 0 saturated heterocycles. The first-order chi connectivity index (χ1) is 6.66. The summed E-state index contributed by atoms with van der Waals surface area (Å²) in [4.78, 5) is 10.9. The molecule has 2 nitrogen and oxygen atoms in total. The van der Waals surface area contributed by atoms with E-state index in [1.807, 2.05) is 0 Å². The lowest BCUT2D eigenvalue weighted by molar-refractivity contribution is -0.140. The Hall–Kier alpha value is -1.23. The van der Waals surface area contributed by atoms with Gasteiger partial charge in [-0.05, 0) is 18.4 Å². The molecule has 1 aromatic rings. The molecule has 0 amide bonds. The second-order valence-electron chi connectivity index (χ2n) is 2.33. The summed E-state index contributed by atoms with van der Waals surface area (Å²) in [7, 11) is 0. The van der Waals surface area contributed by atoms with Gasteiger partial charge in [-0.3, -0.25) is 0 Å². The van der Waals surface area contributed by atoms with Gasteiger partial charge < -0.3 is 4.74 Å². The fourth-order valence-corrected chi connectivity index (χ4v) is 1.45. The summed E-state index contributed by atoms with van der Waals surface area (Å²) in [5, 5.41) is 1.59. The topological polar surface area (TPSA) is 26.3 Å². The fourth-order valence-electron chi connectivity index (χ4n) is 0.796. The molecule has 0 N–H and O–H groups in total. The molecule has 14 heavy (non-hydrogen) atoms. The summed E-state index contributed by atoms with van der Waals surface area (Å²) in [6.45, 7) is 1.54. The quantitative estimate of drug-likeness (QED) is 0.576. The molecule has 0 bridgehead atoms. The van der Waals surface area contributed by atoms with Crippen molar-refractivity contribution >= 4 is 23.1 Å². The lowest BCUT2D eigenvalue weighted by Gasteiger charge is -1.99. The Morgan fingerprint density at radius 1 is 1.57 bits per heavy atom. The first-order valence-corrected chi connectivity index (χ1v) is 4.81. The zero-order chi connectivity index (χ0) is 10.6. The molecule has 76 valence electrons. The van der Waals surface area contributed by atoms with E-state index in [9.17, 15) is 13.6 Å². The molecule has 0 saturated carbocycles. The van der Waals surface area contributed by atoms with E-state index in [1.165, 1.54) is 13.0 Å². The molecule has 0 fully saturated rings. The molecule has 0 atom stereocenters. The van der Waals surface area contributed by atoms with Crippen molar-refractivity contribution in [3.63, 3.8) is 0 Å². The van der Waals surface area contributed by atoms with E-state index in [0.717, 1.165) is 11.3 Å². The second kappa shape index (κ2) is 4.85. The van der Waals surface area contributed by atoms with E-state index in [2.05, 4.69) is 4.74 Å². The van der Waals surface area contributed by atoms with Crippen molar-refractivity contribution in [2.45, 2.75) is 6.92 Å². The number of thiophene rings is 1. The highest BCUT2D eigenvalue weighted by Crippen LogP contribution is 2.25. The largest absolute Gasteiger partial charge is 0.461 e. The van der Waals surface area contributed by atoms with Gasteiger partial charge in [-0.15, -0.1) is 11.3 Å². The van der Waals surface area contributed by atoms with E-state index in [1.54, 1.807) is 11.4 Å². The number of rotatable bonds is 3. The van der Waals surface area contributed by atoms with Crippen LogP contribution in [0, 0.1) is 0 Å². The van der Waals surface area contributed by atoms with E-state index < -0.39 is 17.6 Å². The third kappa shape index (κ3) is 2.38. The molecule has 0 aliphatic heterocycles. The van der Waals surface area contributed by atoms with Crippen molar-refractivity contribution in [3.05, 3.63) is 28.2 Å². The molecule has 1 aromatic heterocycles. The number of halogens is 2. The SMILES string of the molecule is CCOC(=O)/C(F)=C(\F)c1cccs1. The van der Waals surface area contributed by atoms with Gasteiger partial charge in [0.25, 0.3) is 0 Å². The molecule has 0 radical (unpaired) electrons. The van der Waals surface area contributed by atoms with Crippen molar-refractivity contribution in [2.75, 3.05) is 6.61 Å². The van der Waals surface area contributed by atoms with Gasteiger partial charge in [0.05, 0.1) is 11.5 Å². The molecule has 1 heterocycles. The third-order valence-corrected chi connectivity index (χ3v) is 2.25. The first kappa shape index (κ1) is 10.8. The van der Waals surface area contributed by atoms with Gasteiger partial charge in [0, 0.05) is 0 Å². The summed E-state index contributed by atoms with van der Waals surface area (Å²) < 4.78 is 30.4. The minimum Gasteiger partial charge on any atom is -0.461 e. The van der Waals surface area contributed by atoms with Crippen LogP contribution in [0.5, 0.6) is 0 Å². The van der Waals surface area contributed by atoms with Crippen LogP contribution in [0.1, 0.15) is 11.8 Å². The maximum atomic E-state index is 13.1. The van der Waals surface area contributed by atoms with Gasteiger partial charge in [-0.1, -0.05) is 6.07 Å². The van der Waals surface area contributed by atoms with Crippen LogP contribution in [-0.4, -0.2) is 12.6 Å². The van der Waals surface area contributed by atoms with Gasteiger partial charge in [-0.2, -0.15) is 4.39 Å². The number of esters is 1. The molecule has 0 aliphatic rings. The van der Waals surface area contributed by atoms with Crippen LogP contribution >= 0.6 is 11.3 Å². The number of hydrogen-bond acceptors (Lipinski definition) is 3. The Labute approximate surface area is 83.8 Å². The predicted octanol–water partition coefficient (Wildman–Crippen LogP) is 2.92. The lowest BCUT2D eigenvalue weighted by Crippen LogP contribution is -2.05. The Kier molecular flexibility index (Phi) is 3.76. The average Bonchev–Trinajstić information content (AvgIpc) is 2.68. The van der Waals surface area contributed by atoms with E-state index >= 15 is 0 Å². The number of carbonyl (C=O) groups is 1. The monoisotopic (exact) mass is 218 g/mol. The smallest absolute Gasteiger partial charge is 0.370 e. The van der Waals surface area contributed by atoms with Crippen LogP contribution in [-0.2, 0) is 9.53 Å². The molecule has 0 spiro atoms. The van der Waals surface area contributed by atoms with Gasteiger partial charge in [0.2, 0.25) is 5.83 Å². The van der Waals surface area contributed by atoms with Crippen molar-refractivity contribution in [1.82, 2.24) is 0 Å². The van der Waals surface area contributed by atoms with Crippen LogP contribution in [0.2, 0.25) is 0 Å². The van der Waals surface area contributed by atoms with Gasteiger partial charge >= 0.3 is 5.97 Å². The van der Waals surface area contributed by atoms with E-state index in [4.69, 9.17) is 0 Å². The first-order valence-electron chi connectivity index (χ1n) is 3.93. The highest BCUT2D eigenvalue weighted by Gasteiger charge is 2.18. The van der Waals surface area contributed by atoms with Crippen LogP contribution in [0.15, 0.2) is 23.3 Å². The summed E-state index contributed by atoms with van der Waals surface area (Å²) in [6, 6.07) is 2.96. The third-order valence-electron chi connectivity index (χ3n) is 1.38. The molecular weight excluding hydrogens is 210 g/mol. The zero-order valence-electron chi connectivity index (χ0n) is 7.42. The molecule has 5 heteroatoms. The molecule has 0 unspecified atom stereocenters. The van der Waals surface area contributed by atoms with Crippen molar-refractivity contribution < 1.29 is 18.3 Å². The molecular formula is C9H8F2O2S. The van der Waals surface area contributed by atoms with Crippen LogP contribution in [0.3, 0.4) is 0 Å². The number of ether oxygens (including phenoxy) is 1. The Bertz CT molecular complexity index is 344. The molecule has 1 rings (SSSR count). The van der Waals surface area contributed by atoms with E-state index in [-0.39, 0.29) is 11.5 Å². The molecule has 0 aliphatic carbocycles. The van der Waals surface area contributed by atoms with E-state index in [0.29, 0.717) is 0 Å². The van der Waals surface area contributed by atoms with Crippen molar-refractivity contribution in [3.8, 4) is 0 Å². The van der Waals surface area contributed by atoms with Crippen molar-refractivity contribution in [2.24, 2.45) is 0 Å². The minimum absolute atomic E-state index is 0.0178. The van der Waals surface area contributed by atoms with Crippen LogP contribution in [0.4, 0.5) is 8.78 Å². The van der Waals surface area contributed by atoms with Crippen LogP contribution in [0.25, 0.3) is 5.83 Å². The van der Waals surface area contributed by atoms with Crippen LogP contribution < -0.4 is 0 Å². The highest BCUT2D eigenvalue weighted by molar-refractivity contribution is 7.11. The number of hydrogen-bond donors (Lipinski definition) is 0. The van der Waals surface area contributed by atoms with Crippen molar-refractivity contribution in [1.29, 1.82) is 0 Å². The Morgan fingerprint density at radius 3 is 2.79 bits per heavy atom. The summed E-state index contributed by atoms with van der Waals surface area (Å²) in [5.41, 5.74) is 0. The van der Waals surface area contributed by atoms with Gasteiger partial charge in [-0.25, -0.2) is 9.18 Å². The lowest BCUT2D eigenvalue weighted by atomic mass is 10.3.